The molecule has 0 radical (unpaired) electrons. The first-order valence-electron chi connectivity index (χ1n) is 9.10. The topological polar surface area (TPSA) is 69.7 Å². The van der Waals surface area contributed by atoms with Crippen molar-refractivity contribution in [2.75, 3.05) is 37.6 Å². The molecule has 1 fully saturated rings. The molecule has 0 bridgehead atoms. The summed E-state index contributed by atoms with van der Waals surface area (Å²) >= 11 is 0. The Hall–Kier alpha value is -2.38. The van der Waals surface area contributed by atoms with E-state index in [9.17, 15) is 13.2 Å². The normalized spacial score (nSPS) is 15.0. The molecule has 0 spiro atoms. The number of para-hydroxylation sites is 1. The van der Waals surface area contributed by atoms with Crippen LogP contribution in [0.1, 0.15) is 12.0 Å². The SMILES string of the molecule is Cc1ccc(S(=O)(=O)NCCC(=O)N2CCN(c3ccccc3)CC2)cc1. The van der Waals surface area contributed by atoms with E-state index in [0.717, 1.165) is 24.3 Å². The highest BCUT2D eigenvalue weighted by molar-refractivity contribution is 7.89. The highest BCUT2D eigenvalue weighted by atomic mass is 32.2. The zero-order chi connectivity index (χ0) is 19.3. The summed E-state index contributed by atoms with van der Waals surface area (Å²) in [5, 5.41) is 0. The summed E-state index contributed by atoms with van der Waals surface area (Å²) in [6.45, 7) is 4.88. The van der Waals surface area contributed by atoms with Crippen LogP contribution in [-0.2, 0) is 14.8 Å². The molecular formula is C20H25N3O3S. The number of anilines is 1. The molecule has 1 N–H and O–H groups in total. The Morgan fingerprint density at radius 2 is 1.59 bits per heavy atom. The van der Waals surface area contributed by atoms with Crippen molar-refractivity contribution in [3.05, 3.63) is 60.2 Å². The third-order valence-electron chi connectivity index (χ3n) is 4.72. The Kier molecular flexibility index (Phi) is 6.13. The molecule has 0 unspecified atom stereocenters. The van der Waals surface area contributed by atoms with E-state index in [0.29, 0.717) is 13.1 Å². The fraction of sp³-hybridized carbons (Fsp3) is 0.350. The van der Waals surface area contributed by atoms with Gasteiger partial charge in [-0.05, 0) is 31.2 Å². The Morgan fingerprint density at radius 3 is 2.22 bits per heavy atom. The molecule has 0 saturated carbocycles. The van der Waals surface area contributed by atoms with E-state index in [2.05, 4.69) is 21.8 Å². The molecule has 0 aromatic heterocycles. The van der Waals surface area contributed by atoms with Crippen molar-refractivity contribution < 1.29 is 13.2 Å². The van der Waals surface area contributed by atoms with Gasteiger partial charge in [0.2, 0.25) is 15.9 Å². The van der Waals surface area contributed by atoms with Crippen LogP contribution in [0.4, 0.5) is 5.69 Å². The minimum Gasteiger partial charge on any atom is -0.368 e. The van der Waals surface area contributed by atoms with Gasteiger partial charge < -0.3 is 9.80 Å². The van der Waals surface area contributed by atoms with Crippen LogP contribution in [0.15, 0.2) is 59.5 Å². The van der Waals surface area contributed by atoms with Gasteiger partial charge in [-0.2, -0.15) is 0 Å². The second kappa shape index (κ2) is 8.54. The van der Waals surface area contributed by atoms with Gasteiger partial charge in [0, 0.05) is 44.8 Å². The van der Waals surface area contributed by atoms with Gasteiger partial charge in [-0.1, -0.05) is 35.9 Å². The summed E-state index contributed by atoms with van der Waals surface area (Å²) < 4.78 is 27.0. The van der Waals surface area contributed by atoms with Crippen LogP contribution < -0.4 is 9.62 Å². The number of benzene rings is 2. The maximum Gasteiger partial charge on any atom is 0.240 e. The first kappa shape index (κ1) is 19.4. The number of rotatable bonds is 6. The lowest BCUT2D eigenvalue weighted by Crippen LogP contribution is -2.49. The Balaban J connectivity index is 1.45. The number of carbonyl (C=O) groups is 1. The van der Waals surface area contributed by atoms with Gasteiger partial charge in [-0.3, -0.25) is 4.79 Å². The molecule has 0 atom stereocenters. The van der Waals surface area contributed by atoms with Gasteiger partial charge in [0.25, 0.3) is 0 Å². The zero-order valence-corrected chi connectivity index (χ0v) is 16.3. The summed E-state index contributed by atoms with van der Waals surface area (Å²) in [5.74, 6) is -0.0192. The fourth-order valence-corrected chi connectivity index (χ4v) is 4.14. The Bertz CT molecular complexity index is 859. The third-order valence-corrected chi connectivity index (χ3v) is 6.19. The molecule has 1 amide bonds. The van der Waals surface area contributed by atoms with Crippen molar-refractivity contribution in [1.82, 2.24) is 9.62 Å². The summed E-state index contributed by atoms with van der Waals surface area (Å²) in [7, 11) is -3.58. The maximum absolute atomic E-state index is 12.4. The molecule has 0 aliphatic carbocycles. The first-order valence-corrected chi connectivity index (χ1v) is 10.6. The summed E-state index contributed by atoms with van der Waals surface area (Å²) in [6.07, 6.45) is 0.163. The number of carbonyl (C=O) groups excluding carboxylic acids is 1. The molecule has 1 aliphatic rings. The lowest BCUT2D eigenvalue weighted by Gasteiger charge is -2.36. The minimum absolute atomic E-state index is 0.0192. The third kappa shape index (κ3) is 5.08. The molecule has 3 rings (SSSR count). The van der Waals surface area contributed by atoms with E-state index in [-0.39, 0.29) is 23.8 Å². The van der Waals surface area contributed by atoms with Gasteiger partial charge in [-0.25, -0.2) is 13.1 Å². The average Bonchev–Trinajstić information content (AvgIpc) is 2.69. The number of hydrogen-bond donors (Lipinski definition) is 1. The molecule has 6 nitrogen and oxygen atoms in total. The minimum atomic E-state index is -3.58. The molecule has 144 valence electrons. The van der Waals surface area contributed by atoms with Gasteiger partial charge >= 0.3 is 0 Å². The van der Waals surface area contributed by atoms with Crippen molar-refractivity contribution in [2.24, 2.45) is 0 Å². The van der Waals surface area contributed by atoms with Crippen LogP contribution in [-0.4, -0.2) is 51.9 Å². The predicted molar refractivity (Wildman–Crippen MR) is 106 cm³/mol. The second-order valence-corrected chi connectivity index (χ2v) is 8.43. The van der Waals surface area contributed by atoms with Crippen molar-refractivity contribution in [3.63, 3.8) is 0 Å². The molecule has 27 heavy (non-hydrogen) atoms. The quantitative estimate of drug-likeness (QED) is 0.823. The largest absolute Gasteiger partial charge is 0.368 e. The lowest BCUT2D eigenvalue weighted by atomic mass is 10.2. The fourth-order valence-electron chi connectivity index (χ4n) is 3.10. The van der Waals surface area contributed by atoms with E-state index in [1.54, 1.807) is 29.2 Å². The van der Waals surface area contributed by atoms with Gasteiger partial charge in [-0.15, -0.1) is 0 Å². The van der Waals surface area contributed by atoms with Crippen LogP contribution in [0.2, 0.25) is 0 Å². The first-order chi connectivity index (χ1) is 13.0. The molecular weight excluding hydrogens is 362 g/mol. The number of nitrogens with one attached hydrogen (secondary N) is 1. The van der Waals surface area contributed by atoms with E-state index < -0.39 is 10.0 Å². The molecule has 7 heteroatoms. The molecule has 1 heterocycles. The van der Waals surface area contributed by atoms with Crippen molar-refractivity contribution in [2.45, 2.75) is 18.2 Å². The van der Waals surface area contributed by atoms with Crippen molar-refractivity contribution in [1.29, 1.82) is 0 Å². The van der Waals surface area contributed by atoms with Crippen molar-refractivity contribution in [3.8, 4) is 0 Å². The van der Waals surface area contributed by atoms with Crippen LogP contribution in [0.3, 0.4) is 0 Å². The highest BCUT2D eigenvalue weighted by Gasteiger charge is 2.21. The Labute approximate surface area is 160 Å². The van der Waals surface area contributed by atoms with Crippen LogP contribution in [0.5, 0.6) is 0 Å². The standard InChI is InChI=1S/C20H25N3O3S/c1-17-7-9-19(10-8-17)27(25,26)21-12-11-20(24)23-15-13-22(14-16-23)18-5-3-2-4-6-18/h2-10,21H,11-16H2,1H3. The summed E-state index contributed by atoms with van der Waals surface area (Å²) in [4.78, 5) is 16.7. The number of aryl methyl sites for hydroxylation is 1. The molecule has 1 saturated heterocycles. The van der Waals surface area contributed by atoms with E-state index >= 15 is 0 Å². The molecule has 2 aromatic carbocycles. The molecule has 1 aliphatic heterocycles. The highest BCUT2D eigenvalue weighted by Crippen LogP contribution is 2.16. The predicted octanol–water partition coefficient (Wildman–Crippen LogP) is 2.01. The van der Waals surface area contributed by atoms with Gasteiger partial charge in [0.1, 0.15) is 0 Å². The smallest absolute Gasteiger partial charge is 0.240 e. The van der Waals surface area contributed by atoms with Crippen LogP contribution >= 0.6 is 0 Å². The van der Waals surface area contributed by atoms with Crippen LogP contribution in [0.25, 0.3) is 0 Å². The average molecular weight is 388 g/mol. The number of piperazine rings is 1. The monoisotopic (exact) mass is 387 g/mol. The number of hydrogen-bond acceptors (Lipinski definition) is 4. The molecule has 2 aromatic rings. The number of amides is 1. The Morgan fingerprint density at radius 1 is 0.963 bits per heavy atom. The van der Waals surface area contributed by atoms with E-state index in [1.807, 2.05) is 25.1 Å². The van der Waals surface area contributed by atoms with Crippen LogP contribution in [0, 0.1) is 6.92 Å². The zero-order valence-electron chi connectivity index (χ0n) is 15.5. The summed E-state index contributed by atoms with van der Waals surface area (Å²) in [5.41, 5.74) is 2.16. The van der Waals surface area contributed by atoms with E-state index in [4.69, 9.17) is 0 Å². The maximum atomic E-state index is 12.4. The number of sulfonamides is 1. The van der Waals surface area contributed by atoms with Gasteiger partial charge in [0.15, 0.2) is 0 Å². The second-order valence-electron chi connectivity index (χ2n) is 6.66. The van der Waals surface area contributed by atoms with Crippen molar-refractivity contribution >= 4 is 21.6 Å². The van der Waals surface area contributed by atoms with Gasteiger partial charge in [0.05, 0.1) is 4.90 Å². The summed E-state index contributed by atoms with van der Waals surface area (Å²) in [6, 6.07) is 16.8. The number of nitrogens with zero attached hydrogens (tertiary/aromatic N) is 2. The lowest BCUT2D eigenvalue weighted by molar-refractivity contribution is -0.131. The van der Waals surface area contributed by atoms with E-state index in [1.165, 1.54) is 0 Å².